The minimum absolute atomic E-state index is 0.0813. The van der Waals surface area contributed by atoms with Gasteiger partial charge in [-0.15, -0.1) is 0 Å². The molecule has 9 heteroatoms. The molecule has 8 nitrogen and oxygen atoms in total. The normalized spacial score (nSPS) is 12.0. The van der Waals surface area contributed by atoms with Crippen molar-refractivity contribution in [3.8, 4) is 17.6 Å². The van der Waals surface area contributed by atoms with Crippen molar-refractivity contribution in [1.82, 2.24) is 9.78 Å². The molecule has 0 fully saturated rings. The van der Waals surface area contributed by atoms with E-state index in [0.29, 0.717) is 21.9 Å². The Morgan fingerprint density at radius 2 is 2.19 bits per heavy atom. The van der Waals surface area contributed by atoms with E-state index >= 15 is 0 Å². The molecule has 2 aromatic rings. The molecule has 0 N–H and O–H groups in total. The van der Waals surface area contributed by atoms with Gasteiger partial charge in [0.05, 0.1) is 7.11 Å². The van der Waals surface area contributed by atoms with Crippen molar-refractivity contribution >= 4 is 23.3 Å². The van der Waals surface area contributed by atoms with Crippen molar-refractivity contribution in [2.75, 3.05) is 21.0 Å². The van der Waals surface area contributed by atoms with Crippen LogP contribution < -0.4 is 14.3 Å². The number of carbonyl (C=O) groups is 1. The Morgan fingerprint density at radius 1 is 1.41 bits per heavy atom. The summed E-state index contributed by atoms with van der Waals surface area (Å²) in [6.07, 6.45) is 2.21. The number of benzene rings is 1. The van der Waals surface area contributed by atoms with Gasteiger partial charge in [0.1, 0.15) is 16.6 Å². The standard InChI is InChI=1S/C18H20N4O4S/c1-5-16-21-22(2)18(27-16)20-17(23)13(10-19)8-12-6-7-14(26-11-24-3)15(9-12)25-4/h6-9H,5,11H2,1-4H3/b13-8+,20-18?. The zero-order valence-corrected chi connectivity index (χ0v) is 16.4. The van der Waals surface area contributed by atoms with E-state index in [9.17, 15) is 10.1 Å². The van der Waals surface area contributed by atoms with E-state index in [2.05, 4.69) is 10.1 Å². The number of ether oxygens (including phenoxy) is 3. The lowest BCUT2D eigenvalue weighted by Crippen LogP contribution is -2.15. The average molecular weight is 388 g/mol. The Balaban J connectivity index is 2.33. The van der Waals surface area contributed by atoms with Crippen molar-refractivity contribution in [2.24, 2.45) is 12.0 Å². The van der Waals surface area contributed by atoms with Crippen LogP contribution in [0, 0.1) is 11.3 Å². The first kappa shape index (κ1) is 20.4. The quantitative estimate of drug-likeness (QED) is 0.409. The Kier molecular flexibility index (Phi) is 7.28. The molecule has 0 aliphatic rings. The van der Waals surface area contributed by atoms with Gasteiger partial charge in [0.2, 0.25) is 4.80 Å². The molecule has 0 radical (unpaired) electrons. The molecule has 0 unspecified atom stereocenters. The molecule has 0 spiro atoms. The van der Waals surface area contributed by atoms with Gasteiger partial charge in [0, 0.05) is 14.2 Å². The maximum absolute atomic E-state index is 12.4. The number of aromatic nitrogens is 2. The van der Waals surface area contributed by atoms with E-state index in [1.54, 1.807) is 25.2 Å². The molecule has 142 valence electrons. The maximum atomic E-state index is 12.4. The van der Waals surface area contributed by atoms with Crippen LogP contribution in [-0.4, -0.2) is 36.7 Å². The molecular formula is C18H20N4O4S. The van der Waals surface area contributed by atoms with Gasteiger partial charge in [-0.2, -0.15) is 15.4 Å². The van der Waals surface area contributed by atoms with Crippen molar-refractivity contribution in [2.45, 2.75) is 13.3 Å². The van der Waals surface area contributed by atoms with Crippen LogP contribution in [-0.2, 0) is 23.0 Å². The molecule has 1 amide bonds. The fourth-order valence-corrected chi connectivity index (χ4v) is 2.93. The molecule has 0 aliphatic heterocycles. The topological polar surface area (TPSA) is 98.7 Å². The lowest BCUT2D eigenvalue weighted by atomic mass is 10.1. The molecule has 1 aromatic heterocycles. The number of carbonyl (C=O) groups excluding carboxylic acids is 1. The first-order chi connectivity index (χ1) is 13.0. The van der Waals surface area contributed by atoms with E-state index in [1.807, 2.05) is 13.0 Å². The van der Waals surface area contributed by atoms with Crippen LogP contribution in [0.25, 0.3) is 6.08 Å². The van der Waals surface area contributed by atoms with Gasteiger partial charge >= 0.3 is 0 Å². The van der Waals surface area contributed by atoms with Gasteiger partial charge in [0.25, 0.3) is 5.91 Å². The van der Waals surface area contributed by atoms with Crippen LogP contribution in [0.1, 0.15) is 17.5 Å². The number of rotatable bonds is 7. The summed E-state index contributed by atoms with van der Waals surface area (Å²) < 4.78 is 17.1. The maximum Gasteiger partial charge on any atom is 0.290 e. The third-order valence-electron chi connectivity index (χ3n) is 3.43. The average Bonchev–Trinajstić information content (AvgIpc) is 3.04. The van der Waals surface area contributed by atoms with E-state index in [-0.39, 0.29) is 12.4 Å². The Bertz CT molecular complexity index is 953. The van der Waals surface area contributed by atoms with Crippen molar-refractivity contribution in [3.63, 3.8) is 0 Å². The smallest absolute Gasteiger partial charge is 0.290 e. The summed E-state index contributed by atoms with van der Waals surface area (Å²) in [5.74, 6) is 0.330. The third kappa shape index (κ3) is 5.26. The summed E-state index contributed by atoms with van der Waals surface area (Å²) in [4.78, 5) is 16.9. The Morgan fingerprint density at radius 3 is 2.78 bits per heavy atom. The number of hydrogen-bond donors (Lipinski definition) is 0. The van der Waals surface area contributed by atoms with Gasteiger partial charge in [-0.3, -0.25) is 4.79 Å². The highest BCUT2D eigenvalue weighted by molar-refractivity contribution is 7.08. The molecule has 0 saturated heterocycles. The predicted molar refractivity (Wildman–Crippen MR) is 100 cm³/mol. The number of amides is 1. The van der Waals surface area contributed by atoms with Crippen molar-refractivity contribution in [1.29, 1.82) is 5.26 Å². The minimum Gasteiger partial charge on any atom is -0.493 e. The number of hydrogen-bond acceptors (Lipinski definition) is 7. The largest absolute Gasteiger partial charge is 0.493 e. The summed E-state index contributed by atoms with van der Waals surface area (Å²) in [6, 6.07) is 6.95. The summed E-state index contributed by atoms with van der Waals surface area (Å²) in [7, 11) is 4.73. The summed E-state index contributed by atoms with van der Waals surface area (Å²) in [5.41, 5.74) is 0.522. The van der Waals surface area contributed by atoms with E-state index in [4.69, 9.17) is 14.2 Å². The van der Waals surface area contributed by atoms with Crippen LogP contribution in [0.5, 0.6) is 11.5 Å². The Labute approximate surface area is 160 Å². The van der Waals surface area contributed by atoms with Crippen molar-refractivity contribution < 1.29 is 19.0 Å². The zero-order valence-electron chi connectivity index (χ0n) is 15.6. The fraction of sp³-hybridized carbons (Fsp3) is 0.333. The van der Waals surface area contributed by atoms with Gasteiger partial charge < -0.3 is 14.2 Å². The number of methoxy groups -OCH3 is 2. The molecule has 27 heavy (non-hydrogen) atoms. The van der Waals surface area contributed by atoms with Crippen LogP contribution in [0.15, 0.2) is 28.8 Å². The monoisotopic (exact) mass is 388 g/mol. The molecule has 0 saturated carbocycles. The second-order valence-electron chi connectivity index (χ2n) is 5.30. The first-order valence-electron chi connectivity index (χ1n) is 8.06. The van der Waals surface area contributed by atoms with E-state index in [1.165, 1.54) is 36.3 Å². The second-order valence-corrected chi connectivity index (χ2v) is 6.34. The van der Waals surface area contributed by atoms with Crippen molar-refractivity contribution in [3.05, 3.63) is 39.1 Å². The van der Waals surface area contributed by atoms with Crippen LogP contribution >= 0.6 is 11.3 Å². The Hall–Kier alpha value is -2.96. The number of nitrogens with zero attached hydrogens (tertiary/aromatic N) is 4. The van der Waals surface area contributed by atoms with Crippen LogP contribution in [0.3, 0.4) is 0 Å². The molecule has 0 bridgehead atoms. The first-order valence-corrected chi connectivity index (χ1v) is 8.87. The lowest BCUT2D eigenvalue weighted by Gasteiger charge is -2.10. The predicted octanol–water partition coefficient (Wildman–Crippen LogP) is 2.07. The van der Waals surface area contributed by atoms with Gasteiger partial charge in [-0.1, -0.05) is 24.3 Å². The van der Waals surface area contributed by atoms with Crippen LogP contribution in [0.4, 0.5) is 0 Å². The summed E-state index contributed by atoms with van der Waals surface area (Å²) in [5, 5.41) is 14.5. The number of aryl methyl sites for hydroxylation is 2. The minimum atomic E-state index is -0.627. The highest BCUT2D eigenvalue weighted by Gasteiger charge is 2.11. The summed E-state index contributed by atoms with van der Waals surface area (Å²) in [6.45, 7) is 2.05. The second kappa shape index (κ2) is 9.66. The SMILES string of the molecule is CCc1nn(C)c(=NC(=O)/C(C#N)=C/c2ccc(OCOC)c(OC)c2)s1. The van der Waals surface area contributed by atoms with Gasteiger partial charge in [-0.25, -0.2) is 4.68 Å². The molecule has 1 aromatic carbocycles. The van der Waals surface area contributed by atoms with E-state index < -0.39 is 5.91 Å². The summed E-state index contributed by atoms with van der Waals surface area (Å²) >= 11 is 1.32. The molecule has 2 rings (SSSR count). The van der Waals surface area contributed by atoms with Gasteiger partial charge in [0.15, 0.2) is 18.3 Å². The van der Waals surface area contributed by atoms with Gasteiger partial charge in [-0.05, 0) is 30.2 Å². The van der Waals surface area contributed by atoms with E-state index in [0.717, 1.165) is 11.4 Å². The zero-order chi connectivity index (χ0) is 19.8. The molecule has 0 atom stereocenters. The number of nitriles is 1. The van der Waals surface area contributed by atoms with Crippen LogP contribution in [0.2, 0.25) is 0 Å². The highest BCUT2D eigenvalue weighted by Crippen LogP contribution is 2.29. The fourth-order valence-electron chi connectivity index (χ4n) is 2.11. The molecular weight excluding hydrogens is 368 g/mol. The third-order valence-corrected chi connectivity index (χ3v) is 4.57. The molecule has 0 aliphatic carbocycles. The molecule has 1 heterocycles. The lowest BCUT2D eigenvalue weighted by molar-refractivity contribution is -0.114. The highest BCUT2D eigenvalue weighted by atomic mass is 32.1.